The van der Waals surface area contributed by atoms with Crippen LogP contribution in [0.15, 0.2) is 66.1 Å². The van der Waals surface area contributed by atoms with Crippen LogP contribution < -0.4 is 15.2 Å². The van der Waals surface area contributed by atoms with E-state index in [1.54, 1.807) is 7.11 Å². The third kappa shape index (κ3) is 2.90. The molecule has 0 saturated carbocycles. The minimum atomic E-state index is -0.436. The van der Waals surface area contributed by atoms with Crippen molar-refractivity contribution in [2.75, 3.05) is 7.11 Å². The van der Waals surface area contributed by atoms with Crippen molar-refractivity contribution >= 4 is 10.8 Å². The summed E-state index contributed by atoms with van der Waals surface area (Å²) in [5.74, 6) is 0.799. The molecule has 0 radical (unpaired) electrons. The summed E-state index contributed by atoms with van der Waals surface area (Å²) in [5.41, 5.74) is 12.4. The summed E-state index contributed by atoms with van der Waals surface area (Å²) in [6.07, 6.45) is 0. The Morgan fingerprint density at radius 1 is 1.09 bits per heavy atom. The number of nitrogens with zero attached hydrogens (tertiary/aromatic N) is 2. The Bertz CT molecular complexity index is 1440. The number of aromatic nitrogens is 2. The average Bonchev–Trinajstić information content (AvgIpc) is 3.20. The number of nitrogens with one attached hydrogen (secondary N) is 1. The van der Waals surface area contributed by atoms with Crippen LogP contribution in [0, 0.1) is 25.2 Å². The first-order chi connectivity index (χ1) is 15.5. The van der Waals surface area contributed by atoms with E-state index < -0.39 is 5.92 Å². The molecule has 4 aromatic rings. The van der Waals surface area contributed by atoms with Crippen molar-refractivity contribution in [3.05, 3.63) is 88.3 Å². The second kappa shape index (κ2) is 7.47. The minimum Gasteiger partial charge on any atom is -0.496 e. The lowest BCUT2D eigenvalue weighted by Gasteiger charge is -2.26. The van der Waals surface area contributed by atoms with Gasteiger partial charge in [0.25, 0.3) is 0 Å². The highest BCUT2D eigenvalue weighted by molar-refractivity contribution is 5.93. The number of nitriles is 1. The number of methoxy groups -OCH3 is 1. The summed E-state index contributed by atoms with van der Waals surface area (Å²) >= 11 is 0. The molecule has 0 saturated heterocycles. The van der Waals surface area contributed by atoms with Gasteiger partial charge in [-0.05, 0) is 36.4 Å². The molecule has 6 heteroatoms. The van der Waals surface area contributed by atoms with Crippen LogP contribution in [0.4, 0.5) is 0 Å². The van der Waals surface area contributed by atoms with E-state index in [4.69, 9.17) is 15.2 Å². The van der Waals surface area contributed by atoms with Crippen LogP contribution in [0.25, 0.3) is 22.0 Å². The van der Waals surface area contributed by atoms with Crippen LogP contribution in [0.5, 0.6) is 11.6 Å². The lowest BCUT2D eigenvalue weighted by atomic mass is 9.80. The number of ether oxygens (including phenoxy) is 2. The van der Waals surface area contributed by atoms with Gasteiger partial charge < -0.3 is 15.2 Å². The number of benzene rings is 3. The number of rotatable bonds is 3. The Kier molecular flexibility index (Phi) is 4.60. The van der Waals surface area contributed by atoms with Crippen molar-refractivity contribution in [3.8, 4) is 29.0 Å². The predicted octanol–water partition coefficient (Wildman–Crippen LogP) is 5.07. The quantitative estimate of drug-likeness (QED) is 0.480. The number of nitrogens with two attached hydrogens (primary N) is 1. The second-order valence-corrected chi connectivity index (χ2v) is 7.96. The summed E-state index contributed by atoms with van der Waals surface area (Å²) in [4.78, 5) is 0. The Morgan fingerprint density at radius 2 is 1.88 bits per heavy atom. The van der Waals surface area contributed by atoms with E-state index in [9.17, 15) is 5.26 Å². The van der Waals surface area contributed by atoms with Crippen LogP contribution in [0.2, 0.25) is 0 Å². The van der Waals surface area contributed by atoms with Crippen LogP contribution in [0.3, 0.4) is 0 Å². The number of hydrogen-bond acceptors (Lipinski definition) is 5. The number of fused-ring (bicyclic) bond motifs is 2. The molecule has 3 N–H and O–H groups in total. The van der Waals surface area contributed by atoms with Crippen molar-refractivity contribution in [3.63, 3.8) is 0 Å². The molecule has 2 heterocycles. The summed E-state index contributed by atoms with van der Waals surface area (Å²) in [6.45, 7) is 4.12. The first kappa shape index (κ1) is 19.7. The fourth-order valence-electron chi connectivity index (χ4n) is 4.58. The molecular weight excluding hydrogens is 400 g/mol. The predicted molar refractivity (Wildman–Crippen MR) is 123 cm³/mol. The van der Waals surface area contributed by atoms with Crippen molar-refractivity contribution < 1.29 is 9.47 Å². The van der Waals surface area contributed by atoms with E-state index in [0.717, 1.165) is 44.5 Å². The summed E-state index contributed by atoms with van der Waals surface area (Å²) in [7, 11) is 1.65. The molecule has 32 heavy (non-hydrogen) atoms. The van der Waals surface area contributed by atoms with Crippen LogP contribution >= 0.6 is 0 Å². The lowest BCUT2D eigenvalue weighted by molar-refractivity contribution is 0.379. The van der Waals surface area contributed by atoms with Gasteiger partial charge in [-0.2, -0.15) is 5.26 Å². The molecular formula is C26H22N4O2. The molecule has 0 fully saturated rings. The molecule has 1 aromatic heterocycles. The number of aromatic amines is 1. The van der Waals surface area contributed by atoms with E-state index in [1.807, 2.05) is 36.4 Å². The maximum Gasteiger partial charge on any atom is 0.244 e. The summed E-state index contributed by atoms with van der Waals surface area (Å²) in [5, 5.41) is 19.6. The molecule has 0 spiro atoms. The van der Waals surface area contributed by atoms with Crippen molar-refractivity contribution in [1.82, 2.24) is 10.2 Å². The SMILES string of the molecule is COc1ccc(C2C(C#N)=C(N)Oc3n[nH]c(-c4ccc(C)cc4C)c32)c2ccccc12. The smallest absolute Gasteiger partial charge is 0.244 e. The maximum absolute atomic E-state index is 10.1. The highest BCUT2D eigenvalue weighted by atomic mass is 16.5. The number of aryl methyl sites for hydroxylation is 2. The summed E-state index contributed by atoms with van der Waals surface area (Å²) in [6, 6.07) is 20.4. The molecule has 158 valence electrons. The topological polar surface area (TPSA) is 96.9 Å². The standard InChI is InChI=1S/C26H22N4O2/c1-14-8-9-16(15(2)12-14)24-23-22(20(13-27)25(28)32-26(23)30-29-24)19-10-11-21(31-3)18-7-5-4-6-17(18)19/h4-12,22H,28H2,1-3H3,(H,29,30). The van der Waals surface area contributed by atoms with E-state index in [2.05, 4.69) is 48.3 Å². The zero-order chi connectivity index (χ0) is 22.4. The van der Waals surface area contributed by atoms with Crippen molar-refractivity contribution in [2.24, 2.45) is 5.73 Å². The van der Waals surface area contributed by atoms with Gasteiger partial charge in [-0.25, -0.2) is 0 Å². The zero-order valence-electron chi connectivity index (χ0n) is 18.1. The van der Waals surface area contributed by atoms with Gasteiger partial charge >= 0.3 is 0 Å². The highest BCUT2D eigenvalue weighted by Gasteiger charge is 2.36. The molecule has 1 unspecified atom stereocenters. The van der Waals surface area contributed by atoms with Gasteiger partial charge in [-0.3, -0.25) is 5.10 Å². The Balaban J connectivity index is 1.82. The van der Waals surface area contributed by atoms with Gasteiger partial charge in [0.15, 0.2) is 0 Å². The maximum atomic E-state index is 10.1. The van der Waals surface area contributed by atoms with Gasteiger partial charge in [0.1, 0.15) is 17.4 Å². The third-order valence-corrected chi connectivity index (χ3v) is 6.04. The van der Waals surface area contributed by atoms with E-state index >= 15 is 0 Å². The van der Waals surface area contributed by atoms with Gasteiger partial charge in [0, 0.05) is 10.9 Å². The zero-order valence-corrected chi connectivity index (χ0v) is 18.1. The van der Waals surface area contributed by atoms with Gasteiger partial charge in [0.2, 0.25) is 11.8 Å². The monoisotopic (exact) mass is 422 g/mol. The highest BCUT2D eigenvalue weighted by Crippen LogP contribution is 2.48. The molecule has 1 aliphatic heterocycles. The van der Waals surface area contributed by atoms with Crippen molar-refractivity contribution in [1.29, 1.82) is 5.26 Å². The normalized spacial score (nSPS) is 15.2. The Labute approximate surface area is 185 Å². The van der Waals surface area contributed by atoms with E-state index in [0.29, 0.717) is 11.5 Å². The molecule has 1 aliphatic rings. The van der Waals surface area contributed by atoms with Crippen LogP contribution in [0.1, 0.15) is 28.2 Å². The molecule has 1 atom stereocenters. The second-order valence-electron chi connectivity index (χ2n) is 7.96. The van der Waals surface area contributed by atoms with Crippen molar-refractivity contribution in [2.45, 2.75) is 19.8 Å². The van der Waals surface area contributed by atoms with Crippen LogP contribution in [-0.2, 0) is 0 Å². The lowest BCUT2D eigenvalue weighted by Crippen LogP contribution is -2.21. The largest absolute Gasteiger partial charge is 0.496 e. The number of H-pyrrole nitrogens is 1. The fourth-order valence-corrected chi connectivity index (χ4v) is 4.58. The minimum absolute atomic E-state index is 0.0728. The fraction of sp³-hybridized carbons (Fsp3) is 0.154. The molecule has 3 aromatic carbocycles. The molecule has 0 aliphatic carbocycles. The molecule has 6 nitrogen and oxygen atoms in total. The van der Waals surface area contributed by atoms with Gasteiger partial charge in [0.05, 0.1) is 24.3 Å². The molecule has 0 amide bonds. The Morgan fingerprint density at radius 3 is 2.59 bits per heavy atom. The van der Waals surface area contributed by atoms with E-state index in [1.165, 1.54) is 5.56 Å². The first-order valence-electron chi connectivity index (χ1n) is 10.3. The van der Waals surface area contributed by atoms with Gasteiger partial charge in [-0.15, -0.1) is 5.10 Å². The third-order valence-electron chi connectivity index (χ3n) is 6.04. The molecule has 0 bridgehead atoms. The van der Waals surface area contributed by atoms with Gasteiger partial charge in [-0.1, -0.05) is 54.1 Å². The Hall–Kier alpha value is -4.24. The summed E-state index contributed by atoms with van der Waals surface area (Å²) < 4.78 is 11.4. The van der Waals surface area contributed by atoms with Crippen LogP contribution in [-0.4, -0.2) is 17.3 Å². The number of hydrogen-bond donors (Lipinski definition) is 2. The first-order valence-corrected chi connectivity index (χ1v) is 10.3. The molecule has 5 rings (SSSR count). The van der Waals surface area contributed by atoms with E-state index in [-0.39, 0.29) is 5.88 Å². The number of allylic oxidation sites excluding steroid dienone is 1. The average molecular weight is 422 g/mol.